The summed E-state index contributed by atoms with van der Waals surface area (Å²) >= 11 is 1.33. The maximum atomic E-state index is 10.7. The van der Waals surface area contributed by atoms with Crippen LogP contribution in [0.1, 0.15) is 21.3 Å². The van der Waals surface area contributed by atoms with Gasteiger partial charge in [-0.1, -0.05) is 12.1 Å². The average Bonchev–Trinajstić information content (AvgIpc) is 2.94. The smallest absolute Gasteiger partial charge is 0.355 e. The van der Waals surface area contributed by atoms with E-state index in [-0.39, 0.29) is 5.69 Å². The van der Waals surface area contributed by atoms with Crippen LogP contribution in [0.3, 0.4) is 0 Å². The van der Waals surface area contributed by atoms with Crippen molar-refractivity contribution in [1.29, 1.82) is 0 Å². The molecule has 0 atom stereocenters. The van der Waals surface area contributed by atoms with Gasteiger partial charge < -0.3 is 10.1 Å². The summed E-state index contributed by atoms with van der Waals surface area (Å²) in [6, 6.07) is 7.76. The first-order valence-electron chi connectivity index (χ1n) is 5.34. The summed E-state index contributed by atoms with van der Waals surface area (Å²) in [6.45, 7) is 0. The SMILES string of the molecule is O=C(O)c1csc(Cc2nc3ccccc3[nH]2)n1. The maximum absolute atomic E-state index is 10.7. The Kier molecular flexibility index (Phi) is 2.56. The van der Waals surface area contributed by atoms with Gasteiger partial charge in [-0.2, -0.15) is 0 Å². The molecule has 0 fully saturated rings. The lowest BCUT2D eigenvalue weighted by molar-refractivity contribution is 0.0691. The Bertz CT molecular complexity index is 684. The normalized spacial score (nSPS) is 10.9. The van der Waals surface area contributed by atoms with Crippen molar-refractivity contribution in [3.63, 3.8) is 0 Å². The molecule has 0 unspecified atom stereocenters. The van der Waals surface area contributed by atoms with Crippen molar-refractivity contribution in [2.24, 2.45) is 0 Å². The van der Waals surface area contributed by atoms with E-state index in [0.717, 1.165) is 21.9 Å². The Morgan fingerprint density at radius 1 is 1.33 bits per heavy atom. The third-order valence-electron chi connectivity index (χ3n) is 2.53. The van der Waals surface area contributed by atoms with E-state index in [2.05, 4.69) is 15.0 Å². The predicted octanol–water partition coefficient (Wildman–Crippen LogP) is 2.31. The topological polar surface area (TPSA) is 78.9 Å². The van der Waals surface area contributed by atoms with Crippen molar-refractivity contribution in [3.05, 3.63) is 46.2 Å². The van der Waals surface area contributed by atoms with E-state index < -0.39 is 5.97 Å². The third kappa shape index (κ3) is 1.98. The molecule has 2 aromatic heterocycles. The molecule has 0 aliphatic carbocycles. The molecule has 0 saturated heterocycles. The molecule has 2 heterocycles. The van der Waals surface area contributed by atoms with E-state index in [1.165, 1.54) is 11.3 Å². The summed E-state index contributed by atoms with van der Waals surface area (Å²) in [5.41, 5.74) is 1.97. The number of benzene rings is 1. The molecule has 18 heavy (non-hydrogen) atoms. The molecule has 3 rings (SSSR count). The van der Waals surface area contributed by atoms with Crippen LogP contribution in [0.25, 0.3) is 11.0 Å². The van der Waals surface area contributed by atoms with Crippen molar-refractivity contribution in [2.75, 3.05) is 0 Å². The van der Waals surface area contributed by atoms with Crippen LogP contribution in [0.2, 0.25) is 0 Å². The Hall–Kier alpha value is -2.21. The quantitative estimate of drug-likeness (QED) is 0.756. The Morgan fingerprint density at radius 2 is 2.17 bits per heavy atom. The van der Waals surface area contributed by atoms with Crippen molar-refractivity contribution in [1.82, 2.24) is 15.0 Å². The molecule has 1 aromatic carbocycles. The fourth-order valence-electron chi connectivity index (χ4n) is 1.72. The van der Waals surface area contributed by atoms with Crippen LogP contribution < -0.4 is 0 Å². The second-order valence-corrected chi connectivity index (χ2v) is 4.75. The van der Waals surface area contributed by atoms with Gasteiger partial charge in [-0.05, 0) is 12.1 Å². The number of hydrogen-bond donors (Lipinski definition) is 2. The highest BCUT2D eigenvalue weighted by molar-refractivity contribution is 7.09. The number of carboxylic acid groups (broad SMARTS) is 1. The summed E-state index contributed by atoms with van der Waals surface area (Å²) < 4.78 is 0. The first-order valence-corrected chi connectivity index (χ1v) is 6.21. The monoisotopic (exact) mass is 259 g/mol. The molecule has 0 bridgehead atoms. The number of carboxylic acids is 1. The van der Waals surface area contributed by atoms with Gasteiger partial charge in [0.1, 0.15) is 10.8 Å². The molecular formula is C12H9N3O2S. The highest BCUT2D eigenvalue weighted by Crippen LogP contribution is 2.16. The molecule has 0 saturated carbocycles. The Labute approximate surface area is 106 Å². The number of hydrogen-bond acceptors (Lipinski definition) is 4. The van der Waals surface area contributed by atoms with E-state index in [4.69, 9.17) is 5.11 Å². The predicted molar refractivity (Wildman–Crippen MR) is 68.0 cm³/mol. The van der Waals surface area contributed by atoms with Gasteiger partial charge in [0.15, 0.2) is 5.69 Å². The van der Waals surface area contributed by atoms with Crippen molar-refractivity contribution in [2.45, 2.75) is 6.42 Å². The number of aromatic nitrogens is 3. The van der Waals surface area contributed by atoms with Crippen LogP contribution >= 0.6 is 11.3 Å². The average molecular weight is 259 g/mol. The number of fused-ring (bicyclic) bond motifs is 1. The summed E-state index contributed by atoms with van der Waals surface area (Å²) in [5, 5.41) is 11.1. The highest BCUT2D eigenvalue weighted by atomic mass is 32.1. The molecule has 0 radical (unpaired) electrons. The van der Waals surface area contributed by atoms with Gasteiger partial charge in [0.25, 0.3) is 0 Å². The molecule has 5 nitrogen and oxygen atoms in total. The molecule has 0 aliphatic rings. The van der Waals surface area contributed by atoms with Crippen LogP contribution in [-0.4, -0.2) is 26.0 Å². The lowest BCUT2D eigenvalue weighted by Gasteiger charge is -1.90. The molecule has 2 N–H and O–H groups in total. The number of thiazole rings is 1. The number of carbonyl (C=O) groups is 1. The number of aromatic carboxylic acids is 1. The van der Waals surface area contributed by atoms with E-state index in [0.29, 0.717) is 6.42 Å². The van der Waals surface area contributed by atoms with Gasteiger partial charge in [-0.15, -0.1) is 11.3 Å². The molecule has 0 spiro atoms. The molecular weight excluding hydrogens is 250 g/mol. The fraction of sp³-hybridized carbons (Fsp3) is 0.0833. The first-order chi connectivity index (χ1) is 8.72. The van der Waals surface area contributed by atoms with Crippen LogP contribution in [0.15, 0.2) is 29.6 Å². The van der Waals surface area contributed by atoms with E-state index >= 15 is 0 Å². The minimum Gasteiger partial charge on any atom is -0.476 e. The van der Waals surface area contributed by atoms with Gasteiger partial charge >= 0.3 is 5.97 Å². The summed E-state index contributed by atoms with van der Waals surface area (Å²) in [5.74, 6) is -0.204. The molecule has 0 aliphatic heterocycles. The van der Waals surface area contributed by atoms with Gasteiger partial charge in [-0.25, -0.2) is 14.8 Å². The zero-order chi connectivity index (χ0) is 12.5. The number of H-pyrrole nitrogens is 1. The van der Waals surface area contributed by atoms with Gasteiger partial charge in [0.05, 0.1) is 17.5 Å². The zero-order valence-electron chi connectivity index (χ0n) is 9.25. The summed E-state index contributed by atoms with van der Waals surface area (Å²) in [7, 11) is 0. The molecule has 90 valence electrons. The van der Waals surface area contributed by atoms with E-state index in [1.807, 2.05) is 24.3 Å². The van der Waals surface area contributed by atoms with Gasteiger partial charge in [-0.3, -0.25) is 0 Å². The molecule has 3 aromatic rings. The second kappa shape index (κ2) is 4.23. The lowest BCUT2D eigenvalue weighted by Crippen LogP contribution is -1.97. The van der Waals surface area contributed by atoms with E-state index in [9.17, 15) is 4.79 Å². The third-order valence-corrected chi connectivity index (χ3v) is 3.38. The second-order valence-electron chi connectivity index (χ2n) is 3.81. The number of nitrogens with zero attached hydrogens (tertiary/aromatic N) is 2. The number of rotatable bonds is 3. The Morgan fingerprint density at radius 3 is 2.89 bits per heavy atom. The first kappa shape index (κ1) is 10.9. The van der Waals surface area contributed by atoms with Gasteiger partial charge in [0.2, 0.25) is 0 Å². The zero-order valence-corrected chi connectivity index (χ0v) is 10.1. The minimum atomic E-state index is -0.998. The lowest BCUT2D eigenvalue weighted by atomic mass is 10.3. The number of aromatic amines is 1. The largest absolute Gasteiger partial charge is 0.476 e. The van der Waals surface area contributed by atoms with Crippen molar-refractivity contribution < 1.29 is 9.90 Å². The fourth-order valence-corrected chi connectivity index (χ4v) is 2.50. The number of para-hydroxylation sites is 2. The maximum Gasteiger partial charge on any atom is 0.355 e. The van der Waals surface area contributed by atoms with Gasteiger partial charge in [0, 0.05) is 5.38 Å². The molecule has 6 heteroatoms. The van der Waals surface area contributed by atoms with Crippen molar-refractivity contribution >= 4 is 28.3 Å². The van der Waals surface area contributed by atoms with Crippen LogP contribution in [0.5, 0.6) is 0 Å². The van der Waals surface area contributed by atoms with Crippen LogP contribution in [0.4, 0.5) is 0 Å². The van der Waals surface area contributed by atoms with Crippen LogP contribution in [-0.2, 0) is 6.42 Å². The molecule has 0 amide bonds. The van der Waals surface area contributed by atoms with E-state index in [1.54, 1.807) is 5.38 Å². The summed E-state index contributed by atoms with van der Waals surface area (Å²) in [6.07, 6.45) is 0.520. The number of imidazole rings is 1. The highest BCUT2D eigenvalue weighted by Gasteiger charge is 2.10. The van der Waals surface area contributed by atoms with Crippen molar-refractivity contribution in [3.8, 4) is 0 Å². The standard InChI is InChI=1S/C12H9N3O2S/c16-12(17)9-6-18-11(15-9)5-10-13-7-3-1-2-4-8(7)14-10/h1-4,6H,5H2,(H,13,14)(H,16,17). The minimum absolute atomic E-state index is 0.0890. The Balaban J connectivity index is 1.88. The number of nitrogens with one attached hydrogen (secondary N) is 1. The summed E-state index contributed by atoms with van der Waals surface area (Å²) in [4.78, 5) is 22.4. The van der Waals surface area contributed by atoms with Crippen LogP contribution in [0, 0.1) is 0 Å².